The van der Waals surface area contributed by atoms with Gasteiger partial charge in [-0.05, 0) is 30.7 Å². The molecule has 0 spiro atoms. The lowest BCUT2D eigenvalue weighted by Crippen LogP contribution is -2.13. The van der Waals surface area contributed by atoms with Gasteiger partial charge >= 0.3 is 6.18 Å². The Balaban J connectivity index is 3.21. The summed E-state index contributed by atoms with van der Waals surface area (Å²) in [5.74, 6) is 0. The highest BCUT2D eigenvalue weighted by molar-refractivity contribution is 9.10. The number of benzene rings is 1. The molecule has 0 amide bonds. The van der Waals surface area contributed by atoms with Crippen molar-refractivity contribution >= 4 is 15.9 Å². The van der Waals surface area contributed by atoms with E-state index in [0.29, 0.717) is 4.47 Å². The fourth-order valence-corrected chi connectivity index (χ4v) is 1.79. The minimum atomic E-state index is -4.31. The van der Waals surface area contributed by atoms with Crippen molar-refractivity contribution < 1.29 is 13.2 Å². The van der Waals surface area contributed by atoms with Crippen molar-refractivity contribution in [2.24, 2.45) is 5.73 Å². The molecule has 0 aromatic heterocycles. The monoisotopic (exact) mass is 267 g/mol. The molecule has 0 radical (unpaired) electrons. The molecule has 14 heavy (non-hydrogen) atoms. The second-order valence-electron chi connectivity index (χ2n) is 2.80. The van der Waals surface area contributed by atoms with Gasteiger partial charge in [0.1, 0.15) is 0 Å². The number of nitrogens with two attached hydrogens (primary N) is 1. The summed E-state index contributed by atoms with van der Waals surface area (Å²) in [6.45, 7) is 0.200. The van der Waals surface area contributed by atoms with E-state index in [1.54, 1.807) is 6.07 Å². The summed E-state index contributed by atoms with van der Waals surface area (Å²) >= 11 is 3.09. The van der Waals surface area contributed by atoms with Gasteiger partial charge in [0.15, 0.2) is 0 Å². The van der Waals surface area contributed by atoms with Crippen LogP contribution in [0.3, 0.4) is 0 Å². The van der Waals surface area contributed by atoms with Crippen LogP contribution in [0.1, 0.15) is 11.1 Å². The van der Waals surface area contributed by atoms with Crippen LogP contribution in [-0.2, 0) is 12.6 Å². The van der Waals surface area contributed by atoms with E-state index in [1.807, 2.05) is 0 Å². The zero-order valence-electron chi connectivity index (χ0n) is 7.24. The summed E-state index contributed by atoms with van der Waals surface area (Å²) in [4.78, 5) is 0. The Labute approximate surface area is 88.2 Å². The Morgan fingerprint density at radius 3 is 2.43 bits per heavy atom. The van der Waals surface area contributed by atoms with Crippen LogP contribution >= 0.6 is 15.9 Å². The van der Waals surface area contributed by atoms with Gasteiger partial charge in [-0.1, -0.05) is 22.0 Å². The maximum atomic E-state index is 12.5. The fourth-order valence-electron chi connectivity index (χ4n) is 1.22. The summed E-state index contributed by atoms with van der Waals surface area (Å²) in [6, 6.07) is 4.02. The molecule has 1 aromatic carbocycles. The topological polar surface area (TPSA) is 26.0 Å². The zero-order chi connectivity index (χ0) is 10.8. The first-order chi connectivity index (χ1) is 6.46. The van der Waals surface area contributed by atoms with Crippen LogP contribution in [0.4, 0.5) is 13.2 Å². The van der Waals surface area contributed by atoms with Crippen molar-refractivity contribution in [1.82, 2.24) is 0 Å². The van der Waals surface area contributed by atoms with Gasteiger partial charge in [-0.25, -0.2) is 0 Å². The van der Waals surface area contributed by atoms with Crippen LogP contribution in [0.5, 0.6) is 0 Å². The molecule has 2 N–H and O–H groups in total. The van der Waals surface area contributed by atoms with Crippen molar-refractivity contribution in [3.05, 3.63) is 33.8 Å². The van der Waals surface area contributed by atoms with Crippen molar-refractivity contribution in [3.63, 3.8) is 0 Å². The lowest BCUT2D eigenvalue weighted by atomic mass is 10.0. The molecule has 0 aliphatic heterocycles. The van der Waals surface area contributed by atoms with E-state index in [1.165, 1.54) is 6.07 Å². The maximum absolute atomic E-state index is 12.5. The van der Waals surface area contributed by atoms with E-state index in [-0.39, 0.29) is 18.5 Å². The molecule has 0 saturated heterocycles. The third kappa shape index (κ3) is 2.48. The Morgan fingerprint density at radius 1 is 1.29 bits per heavy atom. The van der Waals surface area contributed by atoms with E-state index >= 15 is 0 Å². The predicted molar refractivity (Wildman–Crippen MR) is 51.9 cm³/mol. The molecule has 78 valence electrons. The Hall–Kier alpha value is -0.550. The second-order valence-corrected chi connectivity index (χ2v) is 3.66. The molecule has 1 nitrogen and oxygen atoms in total. The summed E-state index contributed by atoms with van der Waals surface area (Å²) < 4.78 is 37.9. The fraction of sp³-hybridized carbons (Fsp3) is 0.333. The number of halogens is 4. The quantitative estimate of drug-likeness (QED) is 0.876. The minimum Gasteiger partial charge on any atom is -0.330 e. The summed E-state index contributed by atoms with van der Waals surface area (Å²) in [6.07, 6.45) is -4.09. The summed E-state index contributed by atoms with van der Waals surface area (Å²) in [5, 5.41) is 0. The summed E-state index contributed by atoms with van der Waals surface area (Å²) in [5.41, 5.74) is 4.86. The Bertz CT molecular complexity index is 322. The van der Waals surface area contributed by atoms with Crippen LogP contribution in [0.25, 0.3) is 0 Å². The predicted octanol–water partition coefficient (Wildman–Crippen LogP) is 2.97. The summed E-state index contributed by atoms with van der Waals surface area (Å²) in [7, 11) is 0. The zero-order valence-corrected chi connectivity index (χ0v) is 8.82. The van der Waals surface area contributed by atoms with Gasteiger partial charge in [-0.3, -0.25) is 0 Å². The molecule has 1 aromatic rings. The standard InChI is InChI=1S/C9H9BrF3N/c10-8-3-1-2-7(9(11,12)13)6(8)4-5-14/h1-3H,4-5,14H2. The molecule has 0 bridgehead atoms. The second kappa shape index (κ2) is 4.31. The number of rotatable bonds is 2. The molecule has 0 heterocycles. The first-order valence-electron chi connectivity index (χ1n) is 4.01. The van der Waals surface area contributed by atoms with Gasteiger partial charge in [0.2, 0.25) is 0 Å². The molecule has 0 aliphatic rings. The highest BCUT2D eigenvalue weighted by Gasteiger charge is 2.33. The highest BCUT2D eigenvalue weighted by Crippen LogP contribution is 2.35. The molecule has 0 aliphatic carbocycles. The number of hydrogen-bond acceptors (Lipinski definition) is 1. The Kier molecular flexibility index (Phi) is 3.55. The lowest BCUT2D eigenvalue weighted by Gasteiger charge is -2.13. The Morgan fingerprint density at radius 2 is 1.93 bits per heavy atom. The first-order valence-corrected chi connectivity index (χ1v) is 4.80. The van der Waals surface area contributed by atoms with Crippen molar-refractivity contribution in [2.75, 3.05) is 6.54 Å². The molecule has 5 heteroatoms. The normalized spacial score (nSPS) is 11.8. The van der Waals surface area contributed by atoms with Gasteiger partial charge in [0, 0.05) is 4.47 Å². The first kappa shape index (κ1) is 11.5. The van der Waals surface area contributed by atoms with Crippen molar-refractivity contribution in [1.29, 1.82) is 0 Å². The van der Waals surface area contributed by atoms with Crippen molar-refractivity contribution in [3.8, 4) is 0 Å². The van der Waals surface area contributed by atoms with Crippen molar-refractivity contribution in [2.45, 2.75) is 12.6 Å². The van der Waals surface area contributed by atoms with Gasteiger partial charge < -0.3 is 5.73 Å². The van der Waals surface area contributed by atoms with Crippen LogP contribution < -0.4 is 5.73 Å². The molecule has 0 saturated carbocycles. The lowest BCUT2D eigenvalue weighted by molar-refractivity contribution is -0.138. The van der Waals surface area contributed by atoms with Gasteiger partial charge in [0.25, 0.3) is 0 Å². The minimum absolute atomic E-state index is 0.200. The average molecular weight is 268 g/mol. The van der Waals surface area contributed by atoms with E-state index in [0.717, 1.165) is 6.07 Å². The van der Waals surface area contributed by atoms with E-state index in [9.17, 15) is 13.2 Å². The van der Waals surface area contributed by atoms with E-state index < -0.39 is 11.7 Å². The SMILES string of the molecule is NCCc1c(Br)cccc1C(F)(F)F. The third-order valence-corrected chi connectivity index (χ3v) is 2.56. The van der Waals surface area contributed by atoms with Gasteiger partial charge in [-0.2, -0.15) is 13.2 Å². The van der Waals surface area contributed by atoms with Crippen LogP contribution in [0, 0.1) is 0 Å². The van der Waals surface area contributed by atoms with E-state index in [2.05, 4.69) is 15.9 Å². The largest absolute Gasteiger partial charge is 0.416 e. The number of hydrogen-bond donors (Lipinski definition) is 1. The smallest absolute Gasteiger partial charge is 0.330 e. The van der Waals surface area contributed by atoms with Crippen LogP contribution in [-0.4, -0.2) is 6.54 Å². The third-order valence-electron chi connectivity index (χ3n) is 1.82. The average Bonchev–Trinajstić information content (AvgIpc) is 2.07. The molecule has 0 atom stereocenters. The van der Waals surface area contributed by atoms with E-state index in [4.69, 9.17) is 5.73 Å². The molecule has 0 fully saturated rings. The van der Waals surface area contributed by atoms with Gasteiger partial charge in [0.05, 0.1) is 5.56 Å². The molecular weight excluding hydrogens is 259 g/mol. The maximum Gasteiger partial charge on any atom is 0.416 e. The molecule has 1 rings (SSSR count). The molecular formula is C9H9BrF3N. The number of alkyl halides is 3. The highest BCUT2D eigenvalue weighted by atomic mass is 79.9. The van der Waals surface area contributed by atoms with Crippen LogP contribution in [0.2, 0.25) is 0 Å². The van der Waals surface area contributed by atoms with Gasteiger partial charge in [-0.15, -0.1) is 0 Å². The molecule has 0 unspecified atom stereocenters. The van der Waals surface area contributed by atoms with Crippen LogP contribution in [0.15, 0.2) is 22.7 Å².